The van der Waals surface area contributed by atoms with Crippen LogP contribution in [-0.4, -0.2) is 62.0 Å². The van der Waals surface area contributed by atoms with E-state index in [2.05, 4.69) is 4.72 Å². The van der Waals surface area contributed by atoms with Gasteiger partial charge in [0, 0.05) is 6.07 Å². The Bertz CT molecular complexity index is 585. The van der Waals surface area contributed by atoms with Crippen LogP contribution in [0.5, 0.6) is 11.5 Å². The maximum absolute atomic E-state index is 12.3. The molecule has 1 fully saturated rings. The van der Waals surface area contributed by atoms with E-state index in [0.29, 0.717) is 18.0 Å². The first-order valence-corrected chi connectivity index (χ1v) is 8.68. The second-order valence-corrected chi connectivity index (χ2v) is 6.79. The zero-order valence-electron chi connectivity index (χ0n) is 12.9. The first kappa shape index (κ1) is 17.0. The highest BCUT2D eigenvalue weighted by atomic mass is 32.2. The molecule has 1 heterocycles. The molecule has 1 aromatic carbocycles. The third kappa shape index (κ3) is 4.33. The minimum atomic E-state index is -3.55. The monoisotopic (exact) mass is 331 g/mol. The molecular formula is C14H23N2O5S+. The average Bonchev–Trinajstić information content (AvgIpc) is 2.55. The lowest BCUT2D eigenvalue weighted by Crippen LogP contribution is -3.14. The highest BCUT2D eigenvalue weighted by molar-refractivity contribution is 7.89. The smallest absolute Gasteiger partial charge is 0.240 e. The molecule has 7 nitrogen and oxygen atoms in total. The zero-order chi connectivity index (χ0) is 16.0. The van der Waals surface area contributed by atoms with Crippen molar-refractivity contribution >= 4 is 10.0 Å². The van der Waals surface area contributed by atoms with Crippen LogP contribution in [0.3, 0.4) is 0 Å². The third-order valence-corrected chi connectivity index (χ3v) is 5.09. The number of morpholine rings is 1. The summed E-state index contributed by atoms with van der Waals surface area (Å²) in [7, 11) is -0.564. The molecule has 1 aliphatic heterocycles. The number of ether oxygens (including phenoxy) is 3. The van der Waals surface area contributed by atoms with Crippen LogP contribution in [0.2, 0.25) is 0 Å². The molecule has 1 aliphatic rings. The molecule has 2 N–H and O–H groups in total. The summed E-state index contributed by atoms with van der Waals surface area (Å²) < 4.78 is 42.7. The molecule has 0 unspecified atom stereocenters. The molecule has 0 spiro atoms. The summed E-state index contributed by atoms with van der Waals surface area (Å²) in [6.45, 7) is 4.44. The second kappa shape index (κ2) is 7.77. The van der Waals surface area contributed by atoms with Gasteiger partial charge in [-0.3, -0.25) is 0 Å². The lowest BCUT2D eigenvalue weighted by Gasteiger charge is -2.23. The zero-order valence-corrected chi connectivity index (χ0v) is 13.7. The summed E-state index contributed by atoms with van der Waals surface area (Å²) in [5.74, 6) is 0.892. The molecule has 2 rings (SSSR count). The van der Waals surface area contributed by atoms with Gasteiger partial charge in [-0.05, 0) is 12.1 Å². The van der Waals surface area contributed by atoms with Gasteiger partial charge in [0.1, 0.15) is 13.1 Å². The van der Waals surface area contributed by atoms with Crippen LogP contribution in [0, 0.1) is 0 Å². The summed E-state index contributed by atoms with van der Waals surface area (Å²) in [6, 6.07) is 4.55. The minimum Gasteiger partial charge on any atom is -0.493 e. The lowest BCUT2D eigenvalue weighted by molar-refractivity contribution is -0.906. The Morgan fingerprint density at radius 3 is 2.50 bits per heavy atom. The van der Waals surface area contributed by atoms with E-state index in [1.165, 1.54) is 31.3 Å². The molecule has 1 aromatic rings. The normalized spacial score (nSPS) is 16.5. The number of hydrogen-bond donors (Lipinski definition) is 2. The van der Waals surface area contributed by atoms with Crippen LogP contribution in [0.15, 0.2) is 23.1 Å². The maximum Gasteiger partial charge on any atom is 0.240 e. The lowest BCUT2D eigenvalue weighted by atomic mass is 10.3. The number of nitrogens with one attached hydrogen (secondary N) is 2. The highest BCUT2D eigenvalue weighted by Crippen LogP contribution is 2.29. The number of rotatable bonds is 7. The van der Waals surface area contributed by atoms with Crippen molar-refractivity contribution in [1.29, 1.82) is 0 Å². The second-order valence-electron chi connectivity index (χ2n) is 5.03. The number of benzene rings is 1. The van der Waals surface area contributed by atoms with Gasteiger partial charge in [-0.25, -0.2) is 13.1 Å². The summed E-state index contributed by atoms with van der Waals surface area (Å²) in [6.07, 6.45) is 0. The third-order valence-electron chi connectivity index (χ3n) is 3.64. The van der Waals surface area contributed by atoms with Crippen molar-refractivity contribution in [3.63, 3.8) is 0 Å². The number of hydrogen-bond acceptors (Lipinski definition) is 5. The largest absolute Gasteiger partial charge is 0.493 e. The van der Waals surface area contributed by atoms with Crippen molar-refractivity contribution < 1.29 is 27.5 Å². The number of sulfonamides is 1. The molecule has 0 amide bonds. The van der Waals surface area contributed by atoms with Gasteiger partial charge in [0.2, 0.25) is 10.0 Å². The van der Waals surface area contributed by atoms with Crippen LogP contribution < -0.4 is 19.1 Å². The quantitative estimate of drug-likeness (QED) is 0.663. The van der Waals surface area contributed by atoms with Gasteiger partial charge in [-0.1, -0.05) is 0 Å². The van der Waals surface area contributed by atoms with Gasteiger partial charge in [0.15, 0.2) is 11.5 Å². The van der Waals surface area contributed by atoms with Crippen LogP contribution in [0.1, 0.15) is 0 Å². The molecule has 22 heavy (non-hydrogen) atoms. The van der Waals surface area contributed by atoms with Gasteiger partial charge in [-0.15, -0.1) is 0 Å². The van der Waals surface area contributed by atoms with E-state index in [0.717, 1.165) is 32.8 Å². The summed E-state index contributed by atoms with van der Waals surface area (Å²) in [5, 5.41) is 0. The molecule has 0 saturated carbocycles. The van der Waals surface area contributed by atoms with Gasteiger partial charge in [0.05, 0.1) is 45.4 Å². The molecule has 0 radical (unpaired) electrons. The van der Waals surface area contributed by atoms with Crippen LogP contribution in [0.4, 0.5) is 0 Å². The summed E-state index contributed by atoms with van der Waals surface area (Å²) in [5.41, 5.74) is 0. The van der Waals surface area contributed by atoms with E-state index < -0.39 is 10.0 Å². The van der Waals surface area contributed by atoms with Crippen molar-refractivity contribution in [2.45, 2.75) is 4.90 Å². The first-order chi connectivity index (χ1) is 10.6. The van der Waals surface area contributed by atoms with Crippen LogP contribution in [-0.2, 0) is 14.8 Å². The molecule has 8 heteroatoms. The van der Waals surface area contributed by atoms with Crippen LogP contribution >= 0.6 is 0 Å². The predicted molar refractivity (Wildman–Crippen MR) is 81.1 cm³/mol. The number of methoxy groups -OCH3 is 2. The van der Waals surface area contributed by atoms with Crippen molar-refractivity contribution in [1.82, 2.24) is 4.72 Å². The molecule has 1 saturated heterocycles. The van der Waals surface area contributed by atoms with Gasteiger partial charge in [0.25, 0.3) is 0 Å². The molecule has 0 aromatic heterocycles. The van der Waals surface area contributed by atoms with Crippen LogP contribution in [0.25, 0.3) is 0 Å². The average molecular weight is 331 g/mol. The Balaban J connectivity index is 1.97. The minimum absolute atomic E-state index is 0.169. The van der Waals surface area contributed by atoms with E-state index in [1.807, 2.05) is 0 Å². The molecule has 0 aliphatic carbocycles. The van der Waals surface area contributed by atoms with E-state index in [1.54, 1.807) is 6.07 Å². The maximum atomic E-state index is 12.3. The van der Waals surface area contributed by atoms with E-state index in [-0.39, 0.29) is 4.90 Å². The van der Waals surface area contributed by atoms with Crippen molar-refractivity contribution in [2.75, 3.05) is 53.6 Å². The molecule has 124 valence electrons. The van der Waals surface area contributed by atoms with E-state index in [4.69, 9.17) is 14.2 Å². The van der Waals surface area contributed by atoms with Gasteiger partial charge in [-0.2, -0.15) is 0 Å². The molecule has 0 atom stereocenters. The fourth-order valence-electron chi connectivity index (χ4n) is 2.34. The molecule has 0 bridgehead atoms. The fourth-order valence-corrected chi connectivity index (χ4v) is 3.39. The SMILES string of the molecule is COc1ccc(S(=O)(=O)NCC[NH+]2CCOCC2)cc1OC. The van der Waals surface area contributed by atoms with Crippen molar-refractivity contribution in [3.8, 4) is 11.5 Å². The number of quaternary nitrogens is 1. The molecular weight excluding hydrogens is 308 g/mol. The standard InChI is InChI=1S/C14H22N2O5S/c1-19-13-4-3-12(11-14(13)20-2)22(17,18)15-5-6-16-7-9-21-10-8-16/h3-4,11,15H,5-10H2,1-2H3/p+1. The Kier molecular flexibility index (Phi) is 6.01. The predicted octanol–water partition coefficient (Wildman–Crippen LogP) is -1.10. The summed E-state index contributed by atoms with van der Waals surface area (Å²) in [4.78, 5) is 1.52. The Morgan fingerprint density at radius 2 is 1.86 bits per heavy atom. The summed E-state index contributed by atoms with van der Waals surface area (Å²) >= 11 is 0. The van der Waals surface area contributed by atoms with Gasteiger partial charge >= 0.3 is 0 Å². The topological polar surface area (TPSA) is 78.3 Å². The Morgan fingerprint density at radius 1 is 1.18 bits per heavy atom. The Labute approximate surface area is 131 Å². The van der Waals surface area contributed by atoms with E-state index in [9.17, 15) is 8.42 Å². The highest BCUT2D eigenvalue weighted by Gasteiger charge is 2.19. The van der Waals surface area contributed by atoms with Crippen molar-refractivity contribution in [3.05, 3.63) is 18.2 Å². The fraction of sp³-hybridized carbons (Fsp3) is 0.571. The Hall–Kier alpha value is -1.35. The van der Waals surface area contributed by atoms with E-state index >= 15 is 0 Å². The van der Waals surface area contributed by atoms with Crippen molar-refractivity contribution in [2.24, 2.45) is 0 Å². The first-order valence-electron chi connectivity index (χ1n) is 7.20. The van der Waals surface area contributed by atoms with Gasteiger partial charge < -0.3 is 19.1 Å².